The van der Waals surface area contributed by atoms with Gasteiger partial charge in [-0.05, 0) is 50.5 Å². The number of ether oxygens (including phenoxy) is 1. The number of thiophene rings is 1. The Labute approximate surface area is 201 Å². The SMILES string of the molecule is CN=C(NCC(c1ccccc1OC)N(C)C)NC1CCN(c2cccs2)CC1.I. The van der Waals surface area contributed by atoms with Crippen molar-refractivity contribution in [3.8, 4) is 5.75 Å². The van der Waals surface area contributed by atoms with Crippen LogP contribution in [0.25, 0.3) is 0 Å². The molecule has 1 aliphatic rings. The molecule has 1 aromatic heterocycles. The molecule has 1 fully saturated rings. The third kappa shape index (κ3) is 6.49. The van der Waals surface area contributed by atoms with Gasteiger partial charge in [0.1, 0.15) is 5.75 Å². The molecule has 1 atom stereocenters. The molecule has 1 saturated heterocycles. The van der Waals surface area contributed by atoms with Crippen LogP contribution in [0.15, 0.2) is 46.8 Å². The summed E-state index contributed by atoms with van der Waals surface area (Å²) in [6, 6.07) is 13.2. The number of halogens is 1. The van der Waals surface area contributed by atoms with Crippen LogP contribution in [-0.4, -0.2) is 64.8 Å². The fourth-order valence-electron chi connectivity index (χ4n) is 3.79. The molecule has 0 amide bonds. The van der Waals surface area contributed by atoms with Crippen LogP contribution in [0.2, 0.25) is 0 Å². The van der Waals surface area contributed by atoms with Gasteiger partial charge in [-0.15, -0.1) is 35.3 Å². The summed E-state index contributed by atoms with van der Waals surface area (Å²) in [5.74, 6) is 1.78. The van der Waals surface area contributed by atoms with Crippen molar-refractivity contribution in [1.29, 1.82) is 0 Å². The van der Waals surface area contributed by atoms with Crippen LogP contribution in [-0.2, 0) is 0 Å². The molecule has 2 heterocycles. The van der Waals surface area contributed by atoms with E-state index in [0.717, 1.165) is 44.2 Å². The largest absolute Gasteiger partial charge is 0.496 e. The van der Waals surface area contributed by atoms with Gasteiger partial charge in [0.05, 0.1) is 18.2 Å². The topological polar surface area (TPSA) is 52.1 Å². The van der Waals surface area contributed by atoms with E-state index in [9.17, 15) is 0 Å². The number of benzene rings is 1. The average molecular weight is 544 g/mol. The van der Waals surface area contributed by atoms with E-state index >= 15 is 0 Å². The van der Waals surface area contributed by atoms with E-state index in [2.05, 4.69) is 69.2 Å². The first kappa shape index (κ1) is 24.7. The van der Waals surface area contributed by atoms with Crippen molar-refractivity contribution < 1.29 is 4.74 Å². The van der Waals surface area contributed by atoms with Gasteiger partial charge < -0.3 is 25.2 Å². The fraction of sp³-hybridized carbons (Fsp3) is 0.500. The van der Waals surface area contributed by atoms with Crippen molar-refractivity contribution in [3.05, 3.63) is 47.3 Å². The summed E-state index contributed by atoms with van der Waals surface area (Å²) in [5.41, 5.74) is 1.17. The van der Waals surface area contributed by atoms with Crippen LogP contribution in [0.5, 0.6) is 5.75 Å². The second-order valence-electron chi connectivity index (χ2n) is 7.53. The van der Waals surface area contributed by atoms with E-state index in [1.54, 1.807) is 7.11 Å². The lowest BCUT2D eigenvalue weighted by molar-refractivity contribution is 0.287. The number of hydrogen-bond acceptors (Lipinski definition) is 5. The summed E-state index contributed by atoms with van der Waals surface area (Å²) >= 11 is 1.82. The predicted octanol–water partition coefficient (Wildman–Crippen LogP) is 3.81. The molecule has 0 radical (unpaired) electrons. The summed E-state index contributed by atoms with van der Waals surface area (Å²) < 4.78 is 5.57. The van der Waals surface area contributed by atoms with Crippen molar-refractivity contribution in [1.82, 2.24) is 15.5 Å². The molecule has 1 aliphatic heterocycles. The van der Waals surface area contributed by atoms with Crippen LogP contribution < -0.4 is 20.3 Å². The van der Waals surface area contributed by atoms with Gasteiger partial charge in [-0.25, -0.2) is 0 Å². The van der Waals surface area contributed by atoms with E-state index in [0.29, 0.717) is 6.04 Å². The molecule has 1 aromatic carbocycles. The number of para-hydroxylation sites is 1. The maximum Gasteiger partial charge on any atom is 0.191 e. The van der Waals surface area contributed by atoms with Crippen molar-refractivity contribution in [3.63, 3.8) is 0 Å². The maximum atomic E-state index is 5.57. The summed E-state index contributed by atoms with van der Waals surface area (Å²) in [4.78, 5) is 9.13. The molecule has 0 saturated carbocycles. The van der Waals surface area contributed by atoms with Gasteiger partial charge >= 0.3 is 0 Å². The Hall–Kier alpha value is -1.52. The predicted molar refractivity (Wildman–Crippen MR) is 139 cm³/mol. The maximum absolute atomic E-state index is 5.57. The zero-order valence-electron chi connectivity index (χ0n) is 18.3. The van der Waals surface area contributed by atoms with Crippen LogP contribution in [0.4, 0.5) is 5.00 Å². The summed E-state index contributed by atoms with van der Waals surface area (Å²) in [6.07, 6.45) is 2.23. The van der Waals surface area contributed by atoms with E-state index in [1.807, 2.05) is 30.5 Å². The van der Waals surface area contributed by atoms with Gasteiger partial charge in [0.2, 0.25) is 0 Å². The lowest BCUT2D eigenvalue weighted by Crippen LogP contribution is -2.49. The Kier molecular flexibility index (Phi) is 10.2. The molecule has 0 spiro atoms. The van der Waals surface area contributed by atoms with E-state index in [1.165, 1.54) is 10.6 Å². The summed E-state index contributed by atoms with van der Waals surface area (Å²) in [6.45, 7) is 2.91. The van der Waals surface area contributed by atoms with E-state index < -0.39 is 0 Å². The molecule has 2 aromatic rings. The van der Waals surface area contributed by atoms with Crippen molar-refractivity contribution >= 4 is 46.3 Å². The number of methoxy groups -OCH3 is 1. The highest BCUT2D eigenvalue weighted by molar-refractivity contribution is 14.0. The number of rotatable bonds is 7. The molecule has 3 rings (SSSR count). The Morgan fingerprint density at radius 3 is 2.57 bits per heavy atom. The van der Waals surface area contributed by atoms with Crippen LogP contribution in [0, 0.1) is 0 Å². The smallest absolute Gasteiger partial charge is 0.191 e. The van der Waals surface area contributed by atoms with E-state index in [4.69, 9.17) is 4.74 Å². The minimum absolute atomic E-state index is 0. The monoisotopic (exact) mass is 543 g/mol. The lowest BCUT2D eigenvalue weighted by Gasteiger charge is -2.34. The van der Waals surface area contributed by atoms with E-state index in [-0.39, 0.29) is 30.0 Å². The average Bonchev–Trinajstić information content (AvgIpc) is 3.28. The Balaban J connectivity index is 0.00000320. The first-order valence-electron chi connectivity index (χ1n) is 10.2. The van der Waals surface area contributed by atoms with Gasteiger partial charge in [-0.1, -0.05) is 18.2 Å². The highest BCUT2D eigenvalue weighted by atomic mass is 127. The van der Waals surface area contributed by atoms with Crippen LogP contribution in [0.3, 0.4) is 0 Å². The minimum atomic E-state index is 0. The molecule has 8 heteroatoms. The number of anilines is 1. The fourth-order valence-corrected chi connectivity index (χ4v) is 4.57. The molecular formula is C22H34IN5OS. The number of nitrogens with zero attached hydrogens (tertiary/aromatic N) is 3. The Bertz CT molecular complexity index is 776. The minimum Gasteiger partial charge on any atom is -0.496 e. The second-order valence-corrected chi connectivity index (χ2v) is 8.46. The quantitative estimate of drug-likeness (QED) is 0.316. The highest BCUT2D eigenvalue weighted by Crippen LogP contribution is 2.27. The molecule has 30 heavy (non-hydrogen) atoms. The molecular weight excluding hydrogens is 509 g/mol. The first-order valence-corrected chi connectivity index (χ1v) is 11.0. The Morgan fingerprint density at radius 1 is 1.23 bits per heavy atom. The van der Waals surface area contributed by atoms with Crippen LogP contribution >= 0.6 is 35.3 Å². The number of nitrogens with one attached hydrogen (secondary N) is 2. The summed E-state index contributed by atoms with van der Waals surface area (Å²) in [7, 11) is 7.75. The number of guanidine groups is 1. The van der Waals surface area contributed by atoms with Crippen molar-refractivity contribution in [2.45, 2.75) is 24.9 Å². The number of aliphatic imine (C=N–C) groups is 1. The second kappa shape index (κ2) is 12.4. The van der Waals surface area contributed by atoms with Gasteiger partial charge in [-0.3, -0.25) is 4.99 Å². The van der Waals surface area contributed by atoms with Gasteiger partial charge in [0.15, 0.2) is 5.96 Å². The van der Waals surface area contributed by atoms with Crippen molar-refractivity contribution in [2.24, 2.45) is 4.99 Å². The van der Waals surface area contributed by atoms with Gasteiger partial charge in [0, 0.05) is 38.3 Å². The zero-order chi connectivity index (χ0) is 20.6. The van der Waals surface area contributed by atoms with Crippen molar-refractivity contribution in [2.75, 3.05) is 52.8 Å². The highest BCUT2D eigenvalue weighted by Gasteiger charge is 2.22. The summed E-state index contributed by atoms with van der Waals surface area (Å²) in [5, 5.41) is 10.6. The van der Waals surface area contributed by atoms with Gasteiger partial charge in [-0.2, -0.15) is 0 Å². The normalized spacial score (nSPS) is 16.2. The third-order valence-corrected chi connectivity index (χ3v) is 6.39. The molecule has 0 aliphatic carbocycles. The van der Waals surface area contributed by atoms with Crippen LogP contribution in [0.1, 0.15) is 24.4 Å². The molecule has 1 unspecified atom stereocenters. The lowest BCUT2D eigenvalue weighted by atomic mass is 10.0. The standard InChI is InChI=1S/C22H33N5OS.HI/c1-23-22(25-17-11-13-27(14-12-17)21-10-7-15-29-21)24-16-19(26(2)3)18-8-5-6-9-20(18)28-4;/h5-10,15,17,19H,11-14,16H2,1-4H3,(H2,23,24,25);1H. The molecule has 166 valence electrons. The Morgan fingerprint density at radius 2 is 1.97 bits per heavy atom. The number of hydrogen-bond donors (Lipinski definition) is 2. The molecule has 6 nitrogen and oxygen atoms in total. The number of likely N-dealkylation sites (N-methyl/N-ethyl adjacent to an activating group) is 1. The first-order chi connectivity index (χ1) is 14.1. The molecule has 0 bridgehead atoms. The third-order valence-electron chi connectivity index (χ3n) is 5.46. The van der Waals surface area contributed by atoms with Gasteiger partial charge in [0.25, 0.3) is 0 Å². The zero-order valence-corrected chi connectivity index (χ0v) is 21.4. The number of piperidine rings is 1. The molecule has 2 N–H and O–H groups in total.